The number of carboxylic acids is 1. The molecule has 0 saturated heterocycles. The van der Waals surface area contributed by atoms with Gasteiger partial charge in [-0.2, -0.15) is 0 Å². The van der Waals surface area contributed by atoms with E-state index in [2.05, 4.69) is 9.97 Å². The molecule has 0 fully saturated rings. The van der Waals surface area contributed by atoms with Gasteiger partial charge in [-0.3, -0.25) is 0 Å². The van der Waals surface area contributed by atoms with Crippen molar-refractivity contribution in [2.24, 2.45) is 0 Å². The molecule has 0 saturated carbocycles. The third-order valence-electron chi connectivity index (χ3n) is 3.02. The Morgan fingerprint density at radius 1 is 1.32 bits per heavy atom. The number of thiophene rings is 1. The Bertz CT molecular complexity index is 950. The smallest absolute Gasteiger partial charge is 0.345 e. The number of benzene rings is 1. The molecule has 8 heteroatoms. The molecule has 1 aromatic carbocycles. The van der Waals surface area contributed by atoms with Crippen LogP contribution in [0.25, 0.3) is 10.2 Å². The fraction of sp³-hybridized carbons (Fsp3) is 0.0714. The first-order chi connectivity index (χ1) is 10.4. The van der Waals surface area contributed by atoms with Gasteiger partial charge in [-0.15, -0.1) is 11.3 Å². The van der Waals surface area contributed by atoms with Crippen LogP contribution in [0.1, 0.15) is 21.1 Å². The number of H-pyrrole nitrogens is 1. The van der Waals surface area contributed by atoms with Crippen molar-refractivity contribution in [2.45, 2.75) is 6.42 Å². The zero-order chi connectivity index (χ0) is 15.9. The number of carbonyl (C=O) groups is 1. The van der Waals surface area contributed by atoms with Gasteiger partial charge >= 0.3 is 5.97 Å². The number of aromatic nitrogens is 2. The molecular formula is C14H8Cl2N2O2S2. The van der Waals surface area contributed by atoms with E-state index < -0.39 is 5.97 Å². The van der Waals surface area contributed by atoms with Crippen molar-refractivity contribution in [3.63, 3.8) is 0 Å². The van der Waals surface area contributed by atoms with Gasteiger partial charge in [-0.05, 0) is 23.8 Å². The van der Waals surface area contributed by atoms with Crippen LogP contribution in [0.2, 0.25) is 10.0 Å². The molecule has 22 heavy (non-hydrogen) atoms. The monoisotopic (exact) mass is 370 g/mol. The first-order valence-corrected chi connectivity index (χ1v) is 8.12. The number of halogens is 2. The number of nitrogens with one attached hydrogen (secondary N) is 1. The highest BCUT2D eigenvalue weighted by Crippen LogP contribution is 2.26. The van der Waals surface area contributed by atoms with E-state index in [-0.39, 0.29) is 4.88 Å². The molecule has 112 valence electrons. The Morgan fingerprint density at radius 2 is 2.09 bits per heavy atom. The first-order valence-electron chi connectivity index (χ1n) is 6.14. The number of rotatable bonds is 3. The van der Waals surface area contributed by atoms with E-state index in [0.29, 0.717) is 37.1 Å². The van der Waals surface area contributed by atoms with E-state index in [0.717, 1.165) is 16.9 Å². The Kier molecular flexibility index (Phi) is 4.18. The molecule has 2 aromatic heterocycles. The molecular weight excluding hydrogens is 363 g/mol. The highest BCUT2D eigenvalue weighted by atomic mass is 35.5. The van der Waals surface area contributed by atoms with Gasteiger partial charge in [0.15, 0.2) is 0 Å². The average Bonchev–Trinajstić information content (AvgIpc) is 2.88. The summed E-state index contributed by atoms with van der Waals surface area (Å²) in [7, 11) is 0. The summed E-state index contributed by atoms with van der Waals surface area (Å²) in [5.74, 6) is -0.335. The van der Waals surface area contributed by atoms with Gasteiger partial charge in [0.25, 0.3) is 0 Å². The molecule has 3 rings (SSSR count). The number of nitrogens with zero attached hydrogens (tertiary/aromatic N) is 1. The summed E-state index contributed by atoms with van der Waals surface area (Å²) < 4.78 is 0.476. The van der Waals surface area contributed by atoms with Crippen molar-refractivity contribution >= 4 is 62.9 Å². The minimum absolute atomic E-state index is 0.216. The van der Waals surface area contributed by atoms with Crippen LogP contribution >= 0.6 is 46.8 Å². The number of hydrogen-bond acceptors (Lipinski definition) is 4. The van der Waals surface area contributed by atoms with Gasteiger partial charge in [0.1, 0.15) is 20.2 Å². The molecule has 0 unspecified atom stereocenters. The molecule has 0 spiro atoms. The minimum atomic E-state index is -0.983. The predicted octanol–water partition coefficient (Wildman–Crippen LogP) is 4.95. The van der Waals surface area contributed by atoms with Crippen LogP contribution in [-0.4, -0.2) is 21.0 Å². The fourth-order valence-corrected chi connectivity index (χ4v) is 3.57. The van der Waals surface area contributed by atoms with E-state index >= 15 is 0 Å². The van der Waals surface area contributed by atoms with Crippen LogP contribution in [0.3, 0.4) is 0 Å². The van der Waals surface area contributed by atoms with Gasteiger partial charge in [-0.25, -0.2) is 9.78 Å². The minimum Gasteiger partial charge on any atom is -0.477 e. The molecule has 2 N–H and O–H groups in total. The highest BCUT2D eigenvalue weighted by molar-refractivity contribution is 7.71. The summed E-state index contributed by atoms with van der Waals surface area (Å²) in [6.07, 6.45) is 0.497. The normalized spacial score (nSPS) is 11.0. The van der Waals surface area contributed by atoms with E-state index in [1.54, 1.807) is 12.1 Å². The van der Waals surface area contributed by atoms with Crippen molar-refractivity contribution in [1.82, 2.24) is 9.97 Å². The lowest BCUT2D eigenvalue weighted by molar-refractivity contribution is 0.0702. The number of carboxylic acid groups (broad SMARTS) is 1. The van der Waals surface area contributed by atoms with E-state index in [4.69, 9.17) is 40.5 Å². The van der Waals surface area contributed by atoms with Gasteiger partial charge in [0.2, 0.25) is 0 Å². The fourth-order valence-electron chi connectivity index (χ4n) is 2.01. The summed E-state index contributed by atoms with van der Waals surface area (Å²) in [6.45, 7) is 0. The van der Waals surface area contributed by atoms with Crippen LogP contribution in [0.5, 0.6) is 0 Å². The molecule has 0 amide bonds. The SMILES string of the molecule is O=C(O)c1cc2c(=S)[nH]c(Cc3ccc(Cl)c(Cl)c3)nc2s1. The number of aromatic carboxylic acids is 1. The summed E-state index contributed by atoms with van der Waals surface area (Å²) >= 11 is 18.3. The molecule has 4 nitrogen and oxygen atoms in total. The second-order valence-corrected chi connectivity index (χ2v) is 6.83. The Morgan fingerprint density at radius 3 is 2.77 bits per heavy atom. The maximum Gasteiger partial charge on any atom is 0.345 e. The van der Waals surface area contributed by atoms with Crippen molar-refractivity contribution < 1.29 is 9.90 Å². The van der Waals surface area contributed by atoms with E-state index in [1.165, 1.54) is 6.07 Å². The van der Waals surface area contributed by atoms with Crippen LogP contribution in [0.15, 0.2) is 24.3 Å². The van der Waals surface area contributed by atoms with Crippen molar-refractivity contribution in [3.8, 4) is 0 Å². The first kappa shape index (κ1) is 15.4. The van der Waals surface area contributed by atoms with Gasteiger partial charge in [0.05, 0.1) is 10.0 Å². The van der Waals surface area contributed by atoms with Crippen molar-refractivity contribution in [3.05, 3.63) is 55.2 Å². The molecule has 3 aromatic rings. The van der Waals surface area contributed by atoms with E-state index in [1.807, 2.05) is 6.07 Å². The van der Waals surface area contributed by atoms with Crippen LogP contribution < -0.4 is 0 Å². The summed E-state index contributed by atoms with van der Waals surface area (Å²) in [6, 6.07) is 6.88. The highest BCUT2D eigenvalue weighted by Gasteiger charge is 2.12. The third-order valence-corrected chi connectivity index (χ3v) is 5.10. The van der Waals surface area contributed by atoms with Gasteiger partial charge in [0, 0.05) is 11.8 Å². The molecule has 0 aliphatic heterocycles. The number of fused-ring (bicyclic) bond motifs is 1. The zero-order valence-electron chi connectivity index (χ0n) is 10.9. The lowest BCUT2D eigenvalue weighted by atomic mass is 10.1. The molecule has 2 heterocycles. The average molecular weight is 371 g/mol. The van der Waals surface area contributed by atoms with E-state index in [9.17, 15) is 4.79 Å². The third kappa shape index (κ3) is 3.01. The second kappa shape index (κ2) is 5.96. The molecule has 0 radical (unpaired) electrons. The maximum atomic E-state index is 11.0. The van der Waals surface area contributed by atoms with Gasteiger partial charge in [-0.1, -0.05) is 41.5 Å². The Labute approximate surface area is 144 Å². The Balaban J connectivity index is 2.02. The molecule has 0 bridgehead atoms. The lowest BCUT2D eigenvalue weighted by Gasteiger charge is -2.04. The van der Waals surface area contributed by atoms with Crippen molar-refractivity contribution in [1.29, 1.82) is 0 Å². The zero-order valence-corrected chi connectivity index (χ0v) is 14.0. The molecule has 0 atom stereocenters. The van der Waals surface area contributed by atoms with Crippen LogP contribution in [0, 0.1) is 4.64 Å². The van der Waals surface area contributed by atoms with Crippen LogP contribution in [-0.2, 0) is 6.42 Å². The largest absolute Gasteiger partial charge is 0.477 e. The summed E-state index contributed by atoms with van der Waals surface area (Å²) in [5, 5.41) is 10.7. The lowest BCUT2D eigenvalue weighted by Crippen LogP contribution is -1.96. The second-order valence-electron chi connectivity index (χ2n) is 4.57. The van der Waals surface area contributed by atoms with Gasteiger partial charge < -0.3 is 10.1 Å². The molecule has 0 aliphatic carbocycles. The van der Waals surface area contributed by atoms with Crippen molar-refractivity contribution in [2.75, 3.05) is 0 Å². The van der Waals surface area contributed by atoms with Crippen LogP contribution in [0.4, 0.5) is 0 Å². The topological polar surface area (TPSA) is 66.0 Å². The molecule has 0 aliphatic rings. The maximum absolute atomic E-state index is 11.0. The summed E-state index contributed by atoms with van der Waals surface area (Å²) in [5.41, 5.74) is 0.932. The Hall–Kier alpha value is -1.47. The standard InChI is InChI=1S/C14H8Cl2N2O2S2/c15-8-2-1-6(3-9(8)16)4-11-17-12(21)7-5-10(14(19)20)22-13(7)18-11/h1-3,5H,4H2,(H,19,20)(H,17,18,21). The number of hydrogen-bond donors (Lipinski definition) is 2. The number of aromatic amines is 1. The quantitative estimate of drug-likeness (QED) is 0.640. The predicted molar refractivity (Wildman–Crippen MR) is 91.0 cm³/mol. The summed E-state index contributed by atoms with van der Waals surface area (Å²) in [4.78, 5) is 19.3.